The average Bonchev–Trinajstić information content (AvgIpc) is 2.79. The number of rotatable bonds is 8. The van der Waals surface area contributed by atoms with E-state index in [4.69, 9.17) is 4.74 Å². The first kappa shape index (κ1) is 24.2. The van der Waals surface area contributed by atoms with Gasteiger partial charge in [0.25, 0.3) is 5.56 Å². The third-order valence-corrected chi connectivity index (χ3v) is 7.46. The molecule has 8 nitrogen and oxygen atoms in total. The Kier molecular flexibility index (Phi) is 7.06. The van der Waals surface area contributed by atoms with Gasteiger partial charge in [0.2, 0.25) is 0 Å². The molecule has 3 rings (SSSR count). The molecule has 0 radical (unpaired) electrons. The van der Waals surface area contributed by atoms with Crippen molar-refractivity contribution in [2.24, 2.45) is 0 Å². The van der Waals surface area contributed by atoms with Crippen molar-refractivity contribution >= 4 is 15.8 Å². The number of halogens is 1. The molecule has 0 aliphatic carbocycles. The van der Waals surface area contributed by atoms with Crippen LogP contribution in [0.4, 0.5) is 4.39 Å². The highest BCUT2D eigenvalue weighted by atomic mass is 32.2. The molecule has 0 saturated carbocycles. The molecule has 0 bridgehead atoms. The number of carbonyl (C=O) groups excluding carboxylic acids is 1. The van der Waals surface area contributed by atoms with Crippen LogP contribution in [0.2, 0.25) is 0 Å². The fourth-order valence-corrected chi connectivity index (χ4v) is 4.07. The van der Waals surface area contributed by atoms with Gasteiger partial charge >= 0.3 is 5.97 Å². The molecular weight excluding hydrogens is 449 g/mol. The summed E-state index contributed by atoms with van der Waals surface area (Å²) in [7, 11) is -3.85. The molecule has 33 heavy (non-hydrogen) atoms. The number of sulfone groups is 1. The number of esters is 1. The van der Waals surface area contributed by atoms with Gasteiger partial charge in [-0.2, -0.15) is 0 Å². The van der Waals surface area contributed by atoms with Gasteiger partial charge in [0.1, 0.15) is 5.82 Å². The van der Waals surface area contributed by atoms with Gasteiger partial charge in [0.15, 0.2) is 20.4 Å². The molecule has 2 aromatic heterocycles. The SMILES string of the molecule is CCOC(=O)[C@@](C)(CCn1cc(F)c(-c2ccc(-c3ncccn3)cc2)cc1=O)S(C)(=O)=O. The highest BCUT2D eigenvalue weighted by Gasteiger charge is 2.44. The van der Waals surface area contributed by atoms with Crippen molar-refractivity contribution in [3.8, 4) is 22.5 Å². The first-order valence-corrected chi connectivity index (χ1v) is 12.1. The largest absolute Gasteiger partial charge is 0.465 e. The van der Waals surface area contributed by atoms with Gasteiger partial charge in [-0.15, -0.1) is 0 Å². The molecule has 1 atom stereocenters. The maximum atomic E-state index is 14.9. The van der Waals surface area contributed by atoms with Crippen LogP contribution >= 0.6 is 0 Å². The van der Waals surface area contributed by atoms with Crippen LogP contribution in [-0.2, 0) is 25.9 Å². The summed E-state index contributed by atoms with van der Waals surface area (Å²) in [6, 6.07) is 9.63. The van der Waals surface area contributed by atoms with Gasteiger partial charge in [0, 0.05) is 48.6 Å². The zero-order chi connectivity index (χ0) is 24.2. The Balaban J connectivity index is 1.86. The van der Waals surface area contributed by atoms with Crippen molar-refractivity contribution < 1.29 is 22.3 Å². The molecular formula is C23H24FN3O5S. The van der Waals surface area contributed by atoms with E-state index < -0.39 is 31.9 Å². The lowest BCUT2D eigenvalue weighted by atomic mass is 10.0. The van der Waals surface area contributed by atoms with Gasteiger partial charge in [0.05, 0.1) is 6.61 Å². The van der Waals surface area contributed by atoms with Gasteiger partial charge in [-0.05, 0) is 31.9 Å². The highest BCUT2D eigenvalue weighted by molar-refractivity contribution is 7.92. The topological polar surface area (TPSA) is 108 Å². The molecule has 0 amide bonds. The number of pyridine rings is 1. The Labute approximate surface area is 191 Å². The van der Waals surface area contributed by atoms with Gasteiger partial charge < -0.3 is 9.30 Å². The minimum atomic E-state index is -3.85. The predicted octanol–water partition coefficient (Wildman–Crippen LogP) is 2.87. The molecule has 0 N–H and O–H groups in total. The molecule has 1 aromatic carbocycles. The van der Waals surface area contributed by atoms with Crippen LogP contribution in [0.15, 0.2) is 59.8 Å². The second-order valence-corrected chi connectivity index (χ2v) is 10.1. The summed E-state index contributed by atoms with van der Waals surface area (Å²) in [6.07, 6.45) is 4.94. The van der Waals surface area contributed by atoms with Crippen molar-refractivity contribution in [3.63, 3.8) is 0 Å². The number of hydrogen-bond donors (Lipinski definition) is 0. The predicted molar refractivity (Wildman–Crippen MR) is 122 cm³/mol. The minimum Gasteiger partial charge on any atom is -0.465 e. The fraction of sp³-hybridized carbons (Fsp3) is 0.304. The highest BCUT2D eigenvalue weighted by Crippen LogP contribution is 2.26. The maximum absolute atomic E-state index is 14.9. The van der Waals surface area contributed by atoms with Crippen molar-refractivity contribution in [1.29, 1.82) is 0 Å². The number of nitrogens with zero attached hydrogens (tertiary/aromatic N) is 3. The summed E-state index contributed by atoms with van der Waals surface area (Å²) < 4.78 is 43.5. The molecule has 3 aromatic rings. The van der Waals surface area contributed by atoms with E-state index in [-0.39, 0.29) is 25.1 Å². The molecule has 0 aliphatic heterocycles. The Bertz CT molecular complexity index is 1310. The van der Waals surface area contributed by atoms with Crippen LogP contribution in [0.3, 0.4) is 0 Å². The summed E-state index contributed by atoms with van der Waals surface area (Å²) in [5.74, 6) is -1.04. The van der Waals surface area contributed by atoms with E-state index in [2.05, 4.69) is 9.97 Å². The summed E-state index contributed by atoms with van der Waals surface area (Å²) in [5, 5.41) is 0. The quantitative estimate of drug-likeness (QED) is 0.463. The van der Waals surface area contributed by atoms with Crippen LogP contribution in [0.5, 0.6) is 0 Å². The Hall–Kier alpha value is -3.40. The third kappa shape index (κ3) is 5.16. The Morgan fingerprint density at radius 3 is 2.33 bits per heavy atom. The van der Waals surface area contributed by atoms with Crippen molar-refractivity contribution in [2.75, 3.05) is 12.9 Å². The molecule has 174 valence electrons. The van der Waals surface area contributed by atoms with E-state index in [0.717, 1.165) is 28.6 Å². The standard InChI is InChI=1S/C23H24FN3O5S/c1-4-32-22(29)23(2,33(3,30)31)10-13-27-15-19(24)18(14-20(27)28)16-6-8-17(9-7-16)21-25-11-5-12-26-21/h5-9,11-12,14-15H,4,10,13H2,1-3H3/t23-/m1/s1. The second-order valence-electron chi connectivity index (χ2n) is 7.69. The molecule has 0 unspecified atom stereocenters. The van der Waals surface area contributed by atoms with Crippen molar-refractivity contribution in [1.82, 2.24) is 14.5 Å². The lowest BCUT2D eigenvalue weighted by molar-refractivity contribution is -0.146. The van der Waals surface area contributed by atoms with Crippen LogP contribution in [0.1, 0.15) is 20.3 Å². The minimum absolute atomic E-state index is 0.0163. The van der Waals surface area contributed by atoms with Gasteiger partial charge in [-0.1, -0.05) is 24.3 Å². The molecule has 0 spiro atoms. The lowest BCUT2D eigenvalue weighted by Crippen LogP contribution is -2.45. The second kappa shape index (κ2) is 9.62. The molecule has 0 aliphatic rings. The number of aromatic nitrogens is 3. The zero-order valence-electron chi connectivity index (χ0n) is 18.5. The molecule has 0 fully saturated rings. The van der Waals surface area contributed by atoms with E-state index in [1.807, 2.05) is 0 Å². The Morgan fingerprint density at radius 2 is 1.76 bits per heavy atom. The van der Waals surface area contributed by atoms with E-state index in [9.17, 15) is 22.4 Å². The molecule has 2 heterocycles. The first-order chi connectivity index (χ1) is 15.6. The summed E-state index contributed by atoms with van der Waals surface area (Å²) in [4.78, 5) is 33.2. The number of aryl methyl sites for hydroxylation is 1. The van der Waals surface area contributed by atoms with Crippen LogP contribution < -0.4 is 5.56 Å². The molecule has 10 heteroatoms. The fourth-order valence-electron chi connectivity index (χ4n) is 3.24. The smallest absolute Gasteiger partial charge is 0.327 e. The van der Waals surface area contributed by atoms with Crippen LogP contribution in [0, 0.1) is 5.82 Å². The number of carbonyl (C=O) groups is 1. The normalized spacial score (nSPS) is 13.3. The van der Waals surface area contributed by atoms with Crippen molar-refractivity contribution in [2.45, 2.75) is 31.6 Å². The molecule has 0 saturated heterocycles. The van der Waals surface area contributed by atoms with E-state index >= 15 is 0 Å². The monoisotopic (exact) mass is 473 g/mol. The van der Waals surface area contributed by atoms with Crippen LogP contribution in [0.25, 0.3) is 22.5 Å². The zero-order valence-corrected chi connectivity index (χ0v) is 19.3. The summed E-state index contributed by atoms with van der Waals surface area (Å²) in [5.41, 5.74) is 0.811. The van der Waals surface area contributed by atoms with E-state index in [0.29, 0.717) is 11.4 Å². The maximum Gasteiger partial charge on any atom is 0.327 e. The average molecular weight is 474 g/mol. The van der Waals surface area contributed by atoms with Crippen LogP contribution in [-0.4, -0.2) is 46.5 Å². The summed E-state index contributed by atoms with van der Waals surface area (Å²) in [6.45, 7) is 2.65. The number of benzene rings is 1. The lowest BCUT2D eigenvalue weighted by Gasteiger charge is -2.25. The number of hydrogen-bond acceptors (Lipinski definition) is 7. The number of ether oxygens (including phenoxy) is 1. The van der Waals surface area contributed by atoms with E-state index in [1.165, 1.54) is 6.92 Å². The summed E-state index contributed by atoms with van der Waals surface area (Å²) >= 11 is 0. The third-order valence-electron chi connectivity index (χ3n) is 5.45. The first-order valence-electron chi connectivity index (χ1n) is 10.2. The van der Waals surface area contributed by atoms with E-state index in [1.54, 1.807) is 49.6 Å². The van der Waals surface area contributed by atoms with Crippen molar-refractivity contribution in [3.05, 3.63) is 71.2 Å². The van der Waals surface area contributed by atoms with Gasteiger partial charge in [-0.25, -0.2) is 22.8 Å². The Morgan fingerprint density at radius 1 is 1.15 bits per heavy atom. The van der Waals surface area contributed by atoms with Gasteiger partial charge in [-0.3, -0.25) is 9.59 Å².